The highest BCUT2D eigenvalue weighted by molar-refractivity contribution is 8.01. The smallest absolute Gasteiger partial charge is 0.265 e. The van der Waals surface area contributed by atoms with E-state index in [0.29, 0.717) is 20.0 Å². The lowest BCUT2D eigenvalue weighted by Crippen LogP contribution is -2.18. The van der Waals surface area contributed by atoms with Crippen LogP contribution >= 0.6 is 23.1 Å². The number of aromatic nitrogens is 1. The number of hydrogen-bond acceptors (Lipinski definition) is 7. The summed E-state index contributed by atoms with van der Waals surface area (Å²) in [6.07, 6.45) is 5.58. The number of nitrogens with one attached hydrogen (secondary N) is 1. The number of thiazole rings is 1. The molecule has 2 N–H and O–H groups in total. The van der Waals surface area contributed by atoms with Gasteiger partial charge in [-0.15, -0.1) is 11.3 Å². The topological polar surface area (TPSA) is 88.5 Å². The molecule has 0 radical (unpaired) electrons. The first-order valence-electron chi connectivity index (χ1n) is 10.3. The fourth-order valence-corrected chi connectivity index (χ4v) is 6.63. The third-order valence-electron chi connectivity index (χ3n) is 4.99. The van der Waals surface area contributed by atoms with Crippen LogP contribution < -0.4 is 19.3 Å². The van der Waals surface area contributed by atoms with Gasteiger partial charge >= 0.3 is 0 Å². The van der Waals surface area contributed by atoms with Crippen LogP contribution in [0.2, 0.25) is 0 Å². The van der Waals surface area contributed by atoms with E-state index in [1.807, 2.05) is 25.2 Å². The molecule has 180 valence electrons. The van der Waals surface area contributed by atoms with E-state index in [1.54, 1.807) is 24.3 Å². The van der Waals surface area contributed by atoms with E-state index < -0.39 is 15.8 Å². The number of rotatable bonds is 7. The molecule has 4 aromatic rings. The molecule has 0 spiro atoms. The number of ether oxygens (including phenoxy) is 1. The van der Waals surface area contributed by atoms with Crippen LogP contribution in [0, 0.1) is 5.82 Å². The van der Waals surface area contributed by atoms with Crippen molar-refractivity contribution in [2.24, 2.45) is 0 Å². The van der Waals surface area contributed by atoms with E-state index in [0.717, 1.165) is 22.0 Å². The van der Waals surface area contributed by atoms with Crippen molar-refractivity contribution in [3.8, 4) is 11.5 Å². The first-order chi connectivity index (χ1) is 16.7. The number of fused-ring (bicyclic) bond motifs is 1. The van der Waals surface area contributed by atoms with E-state index in [9.17, 15) is 17.9 Å². The van der Waals surface area contributed by atoms with Crippen molar-refractivity contribution in [1.82, 2.24) is 4.98 Å². The van der Waals surface area contributed by atoms with Gasteiger partial charge in [-0.25, -0.2) is 17.8 Å². The zero-order valence-corrected chi connectivity index (χ0v) is 21.2. The molecule has 0 unspecified atom stereocenters. The fourth-order valence-electron chi connectivity index (χ4n) is 3.35. The van der Waals surface area contributed by atoms with E-state index in [2.05, 4.69) is 16.3 Å². The molecule has 1 heterocycles. The summed E-state index contributed by atoms with van der Waals surface area (Å²) in [6.45, 7) is 5.91. The number of methoxy groups -OCH3 is 1. The fraction of sp³-hybridized carbons (Fsp3) is 0.0800. The van der Waals surface area contributed by atoms with Crippen molar-refractivity contribution in [2.75, 3.05) is 11.8 Å². The number of phenolic OH excluding ortho intramolecular Hbond substituents is 1. The molecule has 0 bridgehead atoms. The second kappa shape index (κ2) is 10.1. The number of aromatic hydroxyl groups is 1. The Hall–Kier alpha value is -3.34. The van der Waals surface area contributed by atoms with Crippen molar-refractivity contribution < 1.29 is 22.7 Å². The van der Waals surface area contributed by atoms with Crippen LogP contribution in [-0.2, 0) is 10.0 Å². The summed E-state index contributed by atoms with van der Waals surface area (Å²) in [7, 11) is -2.92. The Bertz CT molecular complexity index is 1660. The van der Waals surface area contributed by atoms with Gasteiger partial charge in [0, 0.05) is 15.3 Å². The molecule has 0 saturated heterocycles. The van der Waals surface area contributed by atoms with Crippen LogP contribution in [0.15, 0.2) is 74.8 Å². The Morgan fingerprint density at radius 1 is 1.20 bits per heavy atom. The van der Waals surface area contributed by atoms with Crippen LogP contribution in [0.1, 0.15) is 6.92 Å². The van der Waals surface area contributed by atoms with Gasteiger partial charge in [-0.2, -0.15) is 0 Å². The molecule has 1 aromatic heterocycles. The number of phenols is 1. The number of sulfonamides is 1. The van der Waals surface area contributed by atoms with Crippen LogP contribution in [0.4, 0.5) is 10.1 Å². The van der Waals surface area contributed by atoms with Gasteiger partial charge < -0.3 is 9.84 Å². The van der Waals surface area contributed by atoms with Gasteiger partial charge in [0.1, 0.15) is 22.2 Å². The predicted octanol–water partition coefficient (Wildman–Crippen LogP) is 4.87. The molecule has 4 rings (SSSR count). The molecule has 0 aliphatic rings. The second-order valence-corrected chi connectivity index (χ2v) is 11.3. The van der Waals surface area contributed by atoms with E-state index in [-0.39, 0.29) is 22.1 Å². The van der Waals surface area contributed by atoms with Gasteiger partial charge in [-0.3, -0.25) is 4.72 Å². The highest BCUT2D eigenvalue weighted by atomic mass is 32.2. The second-order valence-electron chi connectivity index (χ2n) is 7.30. The molecular formula is C25H21FN2O4S3. The van der Waals surface area contributed by atoms with Crippen molar-refractivity contribution in [2.45, 2.75) is 21.1 Å². The van der Waals surface area contributed by atoms with Crippen molar-refractivity contribution in [3.05, 3.63) is 76.4 Å². The molecule has 0 atom stereocenters. The molecule has 3 aromatic carbocycles. The van der Waals surface area contributed by atoms with Gasteiger partial charge in [0.05, 0.1) is 23.0 Å². The lowest BCUT2D eigenvalue weighted by atomic mass is 10.1. The SMILES string of the molecule is C=c1sc(Sc2cc(NS(=O)(=O)c3cc(F)ccc3OC)c3ccccc3c2O)n/c1=C/C=C\C. The Labute approximate surface area is 210 Å². The third kappa shape index (κ3) is 5.19. The Morgan fingerprint density at radius 2 is 1.94 bits per heavy atom. The van der Waals surface area contributed by atoms with Crippen LogP contribution in [0.5, 0.6) is 11.5 Å². The van der Waals surface area contributed by atoms with Gasteiger partial charge in [-0.05, 0) is 37.3 Å². The quantitative estimate of drug-likeness (QED) is 0.333. The summed E-state index contributed by atoms with van der Waals surface area (Å²) in [4.78, 5) is 4.62. The number of halogens is 1. The number of hydrogen-bond donors (Lipinski definition) is 2. The van der Waals surface area contributed by atoms with Crippen molar-refractivity contribution >= 4 is 62.2 Å². The normalized spacial score (nSPS) is 12.5. The summed E-state index contributed by atoms with van der Waals surface area (Å²) in [5.74, 6) is -0.708. The molecule has 0 amide bonds. The summed E-state index contributed by atoms with van der Waals surface area (Å²) in [5, 5.41) is 12.6. The van der Waals surface area contributed by atoms with Gasteiger partial charge in [0.25, 0.3) is 10.0 Å². The predicted molar refractivity (Wildman–Crippen MR) is 140 cm³/mol. The molecule has 10 heteroatoms. The maximum atomic E-state index is 13.9. The maximum absolute atomic E-state index is 13.9. The van der Waals surface area contributed by atoms with Crippen LogP contribution in [0.25, 0.3) is 23.4 Å². The van der Waals surface area contributed by atoms with Crippen molar-refractivity contribution in [1.29, 1.82) is 0 Å². The van der Waals surface area contributed by atoms with Crippen LogP contribution in [-0.4, -0.2) is 25.6 Å². The summed E-state index contributed by atoms with van der Waals surface area (Å²) in [5.41, 5.74) is 0.222. The summed E-state index contributed by atoms with van der Waals surface area (Å²) < 4.78 is 49.4. The van der Waals surface area contributed by atoms with E-state index in [1.165, 1.54) is 42.3 Å². The molecule has 0 saturated carbocycles. The summed E-state index contributed by atoms with van der Waals surface area (Å²) >= 11 is 2.56. The molecule has 0 aliphatic carbocycles. The Balaban J connectivity index is 1.82. The van der Waals surface area contributed by atoms with E-state index >= 15 is 0 Å². The first kappa shape index (κ1) is 24.8. The highest BCUT2D eigenvalue weighted by Crippen LogP contribution is 2.43. The standard InChI is InChI=1S/C25H21FN2O4S3/c1-4-5-10-19-15(2)33-25(27-19)34-22-14-20(17-8-6-7-9-18(17)24(22)29)28-35(30,31)23-13-16(26)11-12-21(23)32-3/h4-14,28-29H,2H2,1,3H3/b5-4-,19-10+. The number of benzene rings is 3. The number of anilines is 1. The third-order valence-corrected chi connectivity index (χ3v) is 8.40. The minimum Gasteiger partial charge on any atom is -0.506 e. The zero-order valence-electron chi connectivity index (χ0n) is 18.8. The van der Waals surface area contributed by atoms with Gasteiger partial charge in [0.2, 0.25) is 0 Å². The largest absolute Gasteiger partial charge is 0.506 e. The molecule has 35 heavy (non-hydrogen) atoms. The minimum absolute atomic E-state index is 0.00307. The maximum Gasteiger partial charge on any atom is 0.265 e. The monoisotopic (exact) mass is 528 g/mol. The summed E-state index contributed by atoms with van der Waals surface area (Å²) in [6, 6.07) is 11.6. The van der Waals surface area contributed by atoms with E-state index in [4.69, 9.17) is 4.74 Å². The Kier molecular flexibility index (Phi) is 7.15. The molecular weight excluding hydrogens is 507 g/mol. The highest BCUT2D eigenvalue weighted by Gasteiger charge is 2.23. The average molecular weight is 529 g/mol. The lowest BCUT2D eigenvalue weighted by Gasteiger charge is -2.15. The van der Waals surface area contributed by atoms with Gasteiger partial charge in [-0.1, -0.05) is 54.8 Å². The van der Waals surface area contributed by atoms with Gasteiger partial charge in [0.15, 0.2) is 4.34 Å². The Morgan fingerprint density at radius 3 is 2.66 bits per heavy atom. The first-order valence-corrected chi connectivity index (χ1v) is 13.4. The minimum atomic E-state index is -4.23. The molecule has 0 aliphatic heterocycles. The zero-order chi connectivity index (χ0) is 25.2. The van der Waals surface area contributed by atoms with Crippen LogP contribution in [0.3, 0.4) is 0 Å². The molecule has 0 fully saturated rings. The lowest BCUT2D eigenvalue weighted by molar-refractivity contribution is 0.401. The number of allylic oxidation sites excluding steroid dienone is 2. The van der Waals surface area contributed by atoms with Crippen molar-refractivity contribution in [3.63, 3.8) is 0 Å². The average Bonchev–Trinajstić information content (AvgIpc) is 3.19. The molecule has 6 nitrogen and oxygen atoms in total. The number of nitrogens with zero attached hydrogens (tertiary/aromatic N) is 1.